The Balaban J connectivity index is 0.000000208. The van der Waals surface area contributed by atoms with Gasteiger partial charge in [0, 0.05) is 96.9 Å². The summed E-state index contributed by atoms with van der Waals surface area (Å²) in [4.78, 5) is 73.0. The van der Waals surface area contributed by atoms with Crippen LogP contribution in [0.1, 0.15) is 132 Å². The average molecular weight is 1090 g/mol. The van der Waals surface area contributed by atoms with Crippen LogP contribution in [0.25, 0.3) is 67.9 Å². The van der Waals surface area contributed by atoms with Crippen molar-refractivity contribution in [2.75, 3.05) is 49.9 Å². The molecule has 6 heterocycles. The Hall–Kier alpha value is -8.04. The SMILES string of the molecule is C.CCN(CC)CCCC(=O)c1c(C)[nH]c(/C=C2\C(=O)Nc3cc(-c4csc(-c5ccccc5)n4)ccc32)c1C.CCN(CC)CCCC(=O)c1c(C)[nH]c(/C=C2\C(=O)Nc3cc(-c4oc(-c5ccccc5)nc4C)ccc32)c1C. The van der Waals surface area contributed by atoms with Gasteiger partial charge in [0.05, 0.1) is 22.5 Å². The molecular weight excluding hydrogens is 1020 g/mol. The topological polar surface area (TPSA) is 169 Å². The van der Waals surface area contributed by atoms with Gasteiger partial charge in [-0.05, 0) is 134 Å². The van der Waals surface area contributed by atoms with Crippen LogP contribution >= 0.6 is 11.3 Å². The van der Waals surface area contributed by atoms with Gasteiger partial charge in [0.1, 0.15) is 5.01 Å². The molecule has 2 amide bonds. The van der Waals surface area contributed by atoms with E-state index < -0.39 is 0 Å². The Morgan fingerprint density at radius 2 is 1.05 bits per heavy atom. The number of fused-ring (bicyclic) bond motifs is 2. The molecular formula is C66H74N8O5S. The Kier molecular flexibility index (Phi) is 18.8. The van der Waals surface area contributed by atoms with Gasteiger partial charge in [0.15, 0.2) is 17.3 Å². The van der Waals surface area contributed by atoms with Crippen LogP contribution in [-0.4, -0.2) is 92.4 Å². The fourth-order valence-corrected chi connectivity index (χ4v) is 11.5. The van der Waals surface area contributed by atoms with E-state index in [0.29, 0.717) is 35.6 Å². The number of aryl methyl sites for hydroxylation is 3. The number of oxazole rings is 1. The third-order valence-corrected chi connectivity index (χ3v) is 16.0. The maximum Gasteiger partial charge on any atom is 0.256 e. The summed E-state index contributed by atoms with van der Waals surface area (Å²) >= 11 is 1.61. The number of Topliss-reactive ketones (excluding diaryl/α,β-unsaturated/α-hetero) is 2. The number of ketones is 2. The molecule has 10 rings (SSSR count). The first-order valence-electron chi connectivity index (χ1n) is 27.5. The highest BCUT2D eigenvalue weighted by atomic mass is 32.1. The van der Waals surface area contributed by atoms with Crippen LogP contribution in [0.15, 0.2) is 107 Å². The lowest BCUT2D eigenvalue weighted by molar-refractivity contribution is -0.111. The van der Waals surface area contributed by atoms with Gasteiger partial charge in [-0.1, -0.05) is 108 Å². The number of anilines is 2. The predicted molar refractivity (Wildman–Crippen MR) is 328 cm³/mol. The first-order chi connectivity index (χ1) is 38.2. The monoisotopic (exact) mass is 1090 g/mol. The molecule has 0 saturated carbocycles. The molecule has 0 aliphatic carbocycles. The number of benzene rings is 4. The van der Waals surface area contributed by atoms with Crippen molar-refractivity contribution >= 4 is 69.4 Å². The van der Waals surface area contributed by atoms with Crippen LogP contribution in [0.5, 0.6) is 0 Å². The number of carbonyl (C=O) groups excluding carboxylic acids is 4. The van der Waals surface area contributed by atoms with Crippen LogP contribution in [0.4, 0.5) is 11.4 Å². The van der Waals surface area contributed by atoms with Crippen molar-refractivity contribution in [1.29, 1.82) is 0 Å². The molecule has 14 heteroatoms. The largest absolute Gasteiger partial charge is 0.436 e. The molecule has 0 bridgehead atoms. The van der Waals surface area contributed by atoms with E-state index in [1.807, 2.05) is 137 Å². The molecule has 0 radical (unpaired) electrons. The van der Waals surface area contributed by atoms with E-state index in [1.165, 1.54) is 0 Å². The summed E-state index contributed by atoms with van der Waals surface area (Å²) in [7, 11) is 0. The molecule has 2 aliphatic rings. The second-order valence-electron chi connectivity index (χ2n) is 20.2. The molecule has 0 atom stereocenters. The van der Waals surface area contributed by atoms with Gasteiger partial charge in [0.2, 0.25) is 5.89 Å². The third-order valence-electron chi connectivity index (χ3n) is 15.1. The molecule has 0 fully saturated rings. The zero-order chi connectivity index (χ0) is 55.9. The number of nitrogens with one attached hydrogen (secondary N) is 4. The highest BCUT2D eigenvalue weighted by molar-refractivity contribution is 7.13. The standard InChI is InChI=1S/C33H36N4O3.C32H34N4O2S.CH4/c1-6-37(7-2)17-11-14-29(38)30-20(3)27(34-21(30)4)19-26-25-16-15-24(18-28(25)36-32(26)39)31-22(5)35-33(40-31)23-12-9-8-10-13-23;1-5-36(6-2)16-10-13-29(37)30-20(3)26(33-21(30)4)18-25-24-15-14-23(17-27(24)34-31(25)38)28-19-39-32(35-28)22-11-8-7-9-12-22;/h8-10,12-13,15-16,18-19,34H,6-7,11,14,17H2,1-5H3,(H,36,39);7-9,11-12,14-15,17-19,33H,5-6,10,13,16H2,1-4H3,(H,34,38);1H4/b26-19-;25-18-;. The fraction of sp³-hybridized carbons (Fsp3) is 0.303. The number of amides is 2. The number of hydrogen-bond acceptors (Lipinski definition) is 10. The Labute approximate surface area is 474 Å². The summed E-state index contributed by atoms with van der Waals surface area (Å²) in [5, 5.41) is 9.02. The molecule has 0 unspecified atom stereocenters. The van der Waals surface area contributed by atoms with E-state index in [1.54, 1.807) is 11.3 Å². The first kappa shape index (κ1) is 58.1. The van der Waals surface area contributed by atoms with Crippen LogP contribution in [0, 0.1) is 34.6 Å². The zero-order valence-electron chi connectivity index (χ0n) is 46.8. The second kappa shape index (κ2) is 25.8. The summed E-state index contributed by atoms with van der Waals surface area (Å²) < 4.78 is 6.13. The van der Waals surface area contributed by atoms with Crippen molar-refractivity contribution in [1.82, 2.24) is 29.7 Å². The minimum absolute atomic E-state index is 0. The first-order valence-corrected chi connectivity index (χ1v) is 28.4. The van der Waals surface area contributed by atoms with Crippen molar-refractivity contribution in [3.05, 3.63) is 164 Å². The molecule has 0 saturated heterocycles. The van der Waals surface area contributed by atoms with Gasteiger partial charge in [-0.2, -0.15) is 0 Å². The van der Waals surface area contributed by atoms with Gasteiger partial charge >= 0.3 is 0 Å². The molecule has 4 N–H and O–H groups in total. The van der Waals surface area contributed by atoms with E-state index in [2.05, 4.69) is 75.2 Å². The van der Waals surface area contributed by atoms with Gasteiger partial charge in [-0.15, -0.1) is 11.3 Å². The van der Waals surface area contributed by atoms with Crippen LogP contribution in [0.2, 0.25) is 0 Å². The number of aromatic amines is 2. The van der Waals surface area contributed by atoms with E-state index in [9.17, 15) is 19.2 Å². The summed E-state index contributed by atoms with van der Waals surface area (Å²) in [6, 6.07) is 31.7. The number of hydrogen-bond donors (Lipinski definition) is 4. The molecule has 80 heavy (non-hydrogen) atoms. The number of thiazole rings is 1. The van der Waals surface area contributed by atoms with E-state index >= 15 is 0 Å². The summed E-state index contributed by atoms with van der Waals surface area (Å²) in [5.74, 6) is 1.20. The Morgan fingerprint density at radius 1 is 0.588 bits per heavy atom. The van der Waals surface area contributed by atoms with Crippen LogP contribution in [-0.2, 0) is 9.59 Å². The summed E-state index contributed by atoms with van der Waals surface area (Å²) in [5.41, 5.74) is 16.3. The molecule has 0 spiro atoms. The number of H-pyrrole nitrogens is 2. The lowest BCUT2D eigenvalue weighted by atomic mass is 9.99. The van der Waals surface area contributed by atoms with Gasteiger partial charge in [0.25, 0.3) is 11.8 Å². The number of rotatable bonds is 20. The quantitative estimate of drug-likeness (QED) is 0.0429. The molecule has 8 aromatic rings. The molecule has 4 aromatic heterocycles. The predicted octanol–water partition coefficient (Wildman–Crippen LogP) is 14.9. The molecule has 2 aliphatic heterocycles. The zero-order valence-corrected chi connectivity index (χ0v) is 47.6. The van der Waals surface area contributed by atoms with E-state index in [-0.39, 0.29) is 30.8 Å². The normalized spacial score (nSPS) is 13.6. The van der Waals surface area contributed by atoms with Crippen molar-refractivity contribution < 1.29 is 23.6 Å². The maximum atomic E-state index is 13.1. The maximum absolute atomic E-state index is 13.1. The van der Waals surface area contributed by atoms with E-state index in [4.69, 9.17) is 9.40 Å². The van der Waals surface area contributed by atoms with Gasteiger partial charge in [-0.3, -0.25) is 19.2 Å². The highest BCUT2D eigenvalue weighted by Crippen LogP contribution is 2.40. The van der Waals surface area contributed by atoms with Crippen molar-refractivity contribution in [2.24, 2.45) is 0 Å². The summed E-state index contributed by atoms with van der Waals surface area (Å²) in [6.07, 6.45) is 6.41. The average Bonchev–Trinajstić information content (AvgIpc) is 4.39. The number of nitrogens with zero attached hydrogens (tertiary/aromatic N) is 4. The Bertz CT molecular complexity index is 3610. The highest BCUT2D eigenvalue weighted by Gasteiger charge is 2.29. The minimum Gasteiger partial charge on any atom is -0.436 e. The van der Waals surface area contributed by atoms with Crippen molar-refractivity contribution in [3.8, 4) is 44.6 Å². The number of aromatic nitrogens is 4. The lowest BCUT2D eigenvalue weighted by Crippen LogP contribution is -2.24. The smallest absolute Gasteiger partial charge is 0.256 e. The van der Waals surface area contributed by atoms with Crippen LogP contribution < -0.4 is 10.6 Å². The van der Waals surface area contributed by atoms with E-state index in [0.717, 1.165) is 158 Å². The summed E-state index contributed by atoms with van der Waals surface area (Å²) in [6.45, 7) is 24.0. The minimum atomic E-state index is -0.176. The lowest BCUT2D eigenvalue weighted by Gasteiger charge is -2.17. The Morgan fingerprint density at radius 3 is 1.54 bits per heavy atom. The van der Waals surface area contributed by atoms with Crippen molar-refractivity contribution in [2.45, 2.75) is 95.4 Å². The number of carbonyl (C=O) groups is 4. The van der Waals surface area contributed by atoms with Crippen LogP contribution in [0.3, 0.4) is 0 Å². The third kappa shape index (κ3) is 12.5. The fourth-order valence-electron chi connectivity index (χ4n) is 10.7. The van der Waals surface area contributed by atoms with Gasteiger partial charge < -0.3 is 34.8 Å². The second-order valence-corrected chi connectivity index (χ2v) is 21.0. The van der Waals surface area contributed by atoms with Gasteiger partial charge in [-0.25, -0.2) is 9.97 Å². The molecule has 414 valence electrons. The molecule has 13 nitrogen and oxygen atoms in total. The molecule has 4 aromatic carbocycles. The van der Waals surface area contributed by atoms with Crippen molar-refractivity contribution in [3.63, 3.8) is 0 Å².